The van der Waals surface area contributed by atoms with Gasteiger partial charge >= 0.3 is 0 Å². The van der Waals surface area contributed by atoms with Crippen LogP contribution in [0.1, 0.15) is 6.42 Å². The zero-order chi connectivity index (χ0) is 6.69. The Hall–Kier alpha value is -1.25. The highest BCUT2D eigenvalue weighted by Crippen LogP contribution is 2.06. The number of hydrogen-bond acceptors (Lipinski definition) is 2. The lowest BCUT2D eigenvalue weighted by molar-refractivity contribution is -0.114. The molecule has 1 amide bonds. The molecule has 0 aromatic rings. The highest BCUT2D eigenvalue weighted by molar-refractivity contribution is 5.92. The van der Waals surface area contributed by atoms with Crippen LogP contribution in [0.4, 0.5) is 0 Å². The maximum Gasteiger partial charge on any atom is 0.248 e. The number of primary amides is 1. The predicted molar refractivity (Wildman–Crippen MR) is 32.1 cm³/mol. The molecule has 0 spiro atoms. The van der Waals surface area contributed by atoms with Gasteiger partial charge in [-0.2, -0.15) is 0 Å². The lowest BCUT2D eigenvalue weighted by atomic mass is 10.2. The van der Waals surface area contributed by atoms with Gasteiger partial charge in [-0.25, -0.2) is 0 Å². The highest BCUT2D eigenvalue weighted by Gasteiger charge is 2.04. The van der Waals surface area contributed by atoms with E-state index in [1.54, 1.807) is 6.08 Å². The van der Waals surface area contributed by atoms with Crippen molar-refractivity contribution in [1.29, 1.82) is 0 Å². The van der Waals surface area contributed by atoms with Crippen molar-refractivity contribution < 1.29 is 9.53 Å². The molecular formula is C6H7NO2. The van der Waals surface area contributed by atoms with Crippen LogP contribution in [0, 0.1) is 0 Å². The first-order valence-electron chi connectivity index (χ1n) is 2.60. The van der Waals surface area contributed by atoms with Gasteiger partial charge in [0.2, 0.25) is 5.91 Å². The number of carbonyl (C=O) groups is 1. The summed E-state index contributed by atoms with van der Waals surface area (Å²) in [5, 5.41) is 0. The average Bonchev–Trinajstić information content (AvgIpc) is 1.90. The van der Waals surface area contributed by atoms with E-state index in [0.717, 1.165) is 0 Å². The molecule has 0 radical (unpaired) electrons. The fourth-order valence-corrected chi connectivity index (χ4v) is 0.559. The van der Waals surface area contributed by atoms with E-state index in [-0.39, 0.29) is 0 Å². The van der Waals surface area contributed by atoms with Crippen LogP contribution in [-0.2, 0) is 9.53 Å². The van der Waals surface area contributed by atoms with Gasteiger partial charge in [0.1, 0.15) is 0 Å². The van der Waals surface area contributed by atoms with Gasteiger partial charge < -0.3 is 10.5 Å². The van der Waals surface area contributed by atoms with Gasteiger partial charge in [0, 0.05) is 6.42 Å². The number of carbonyl (C=O) groups excluding carboxylic acids is 1. The van der Waals surface area contributed by atoms with Crippen molar-refractivity contribution in [2.45, 2.75) is 6.42 Å². The van der Waals surface area contributed by atoms with Crippen LogP contribution in [0.15, 0.2) is 24.2 Å². The average molecular weight is 125 g/mol. The van der Waals surface area contributed by atoms with E-state index < -0.39 is 5.91 Å². The number of nitrogens with two attached hydrogens (primary N) is 1. The van der Waals surface area contributed by atoms with Crippen LogP contribution in [-0.4, -0.2) is 5.91 Å². The van der Waals surface area contributed by atoms with Gasteiger partial charge in [-0.15, -0.1) is 0 Å². The van der Waals surface area contributed by atoms with E-state index in [2.05, 4.69) is 0 Å². The summed E-state index contributed by atoms with van der Waals surface area (Å²) in [6.07, 6.45) is 5.20. The smallest absolute Gasteiger partial charge is 0.248 e. The molecule has 0 bridgehead atoms. The summed E-state index contributed by atoms with van der Waals surface area (Å²) in [5.41, 5.74) is 5.46. The van der Waals surface area contributed by atoms with Crippen LogP contribution in [0.5, 0.6) is 0 Å². The second-order valence-electron chi connectivity index (χ2n) is 1.72. The zero-order valence-corrected chi connectivity index (χ0v) is 4.83. The monoisotopic (exact) mass is 125 g/mol. The van der Waals surface area contributed by atoms with E-state index in [1.807, 2.05) is 0 Å². The Bertz CT molecular complexity index is 181. The summed E-state index contributed by atoms with van der Waals surface area (Å²) in [5.74, 6) is -0.417. The van der Waals surface area contributed by atoms with Crippen LogP contribution < -0.4 is 5.73 Å². The Balaban J connectivity index is 2.61. The van der Waals surface area contributed by atoms with Crippen molar-refractivity contribution in [1.82, 2.24) is 0 Å². The maximum absolute atomic E-state index is 10.4. The topological polar surface area (TPSA) is 52.3 Å². The fourth-order valence-electron chi connectivity index (χ4n) is 0.559. The van der Waals surface area contributed by atoms with E-state index in [9.17, 15) is 4.79 Å². The van der Waals surface area contributed by atoms with E-state index >= 15 is 0 Å². The third kappa shape index (κ3) is 1.32. The predicted octanol–water partition coefficient (Wildman–Crippen LogP) is 0.290. The molecule has 0 saturated heterocycles. The molecule has 1 aliphatic heterocycles. The summed E-state index contributed by atoms with van der Waals surface area (Å²) in [6, 6.07) is 0. The number of ether oxygens (including phenoxy) is 1. The summed E-state index contributed by atoms with van der Waals surface area (Å²) in [4.78, 5) is 10.4. The maximum atomic E-state index is 10.4. The molecule has 0 aromatic carbocycles. The van der Waals surface area contributed by atoms with Crippen molar-refractivity contribution in [3.63, 3.8) is 0 Å². The summed E-state index contributed by atoms with van der Waals surface area (Å²) in [6.45, 7) is 0. The van der Waals surface area contributed by atoms with Crippen molar-refractivity contribution in [3.8, 4) is 0 Å². The van der Waals surface area contributed by atoms with Gasteiger partial charge in [-0.3, -0.25) is 4.79 Å². The van der Waals surface area contributed by atoms with Crippen LogP contribution in [0.25, 0.3) is 0 Å². The number of allylic oxidation sites excluding steroid dienone is 1. The van der Waals surface area contributed by atoms with E-state index in [0.29, 0.717) is 12.0 Å². The third-order valence-corrected chi connectivity index (χ3v) is 1.04. The van der Waals surface area contributed by atoms with Gasteiger partial charge in [-0.1, -0.05) is 0 Å². The lowest BCUT2D eigenvalue weighted by Crippen LogP contribution is -2.14. The zero-order valence-electron chi connectivity index (χ0n) is 4.83. The molecule has 0 atom stereocenters. The van der Waals surface area contributed by atoms with E-state index in [4.69, 9.17) is 10.5 Å². The van der Waals surface area contributed by atoms with Crippen LogP contribution in [0.2, 0.25) is 0 Å². The fraction of sp³-hybridized carbons (Fsp3) is 0.167. The summed E-state index contributed by atoms with van der Waals surface area (Å²) >= 11 is 0. The minimum absolute atomic E-state index is 0.417. The van der Waals surface area contributed by atoms with Crippen LogP contribution >= 0.6 is 0 Å². The lowest BCUT2D eigenvalue weighted by Gasteiger charge is -2.02. The number of rotatable bonds is 1. The Morgan fingerprint density at radius 1 is 1.78 bits per heavy atom. The normalized spacial score (nSPS) is 16.2. The molecule has 3 heteroatoms. The van der Waals surface area contributed by atoms with Gasteiger partial charge in [0.25, 0.3) is 0 Å². The highest BCUT2D eigenvalue weighted by atomic mass is 16.5. The number of hydrogen-bond donors (Lipinski definition) is 1. The first-order chi connectivity index (χ1) is 4.30. The second kappa shape index (κ2) is 2.35. The minimum atomic E-state index is -0.417. The third-order valence-electron chi connectivity index (χ3n) is 1.04. The molecule has 0 aromatic heterocycles. The van der Waals surface area contributed by atoms with Crippen molar-refractivity contribution in [2.75, 3.05) is 0 Å². The Kier molecular flexibility index (Phi) is 1.53. The molecule has 0 unspecified atom stereocenters. The molecule has 48 valence electrons. The number of amides is 1. The molecule has 1 aliphatic rings. The molecule has 0 saturated carbocycles. The SMILES string of the molecule is NC(=O)C1=COC=CC1. The summed E-state index contributed by atoms with van der Waals surface area (Å²) in [7, 11) is 0. The molecule has 2 N–H and O–H groups in total. The van der Waals surface area contributed by atoms with Crippen LogP contribution in [0.3, 0.4) is 0 Å². The molecule has 3 nitrogen and oxygen atoms in total. The molecular weight excluding hydrogens is 118 g/mol. The standard InChI is InChI=1S/C6H7NO2/c7-6(8)5-2-1-3-9-4-5/h1,3-4H,2H2,(H2,7,8). The van der Waals surface area contributed by atoms with Crippen molar-refractivity contribution in [2.24, 2.45) is 5.73 Å². The van der Waals surface area contributed by atoms with Gasteiger partial charge in [0.05, 0.1) is 18.1 Å². The van der Waals surface area contributed by atoms with Gasteiger partial charge in [0.15, 0.2) is 0 Å². The largest absolute Gasteiger partial charge is 0.472 e. The summed E-state index contributed by atoms with van der Waals surface area (Å²) < 4.78 is 4.70. The second-order valence-corrected chi connectivity index (χ2v) is 1.72. The van der Waals surface area contributed by atoms with Crippen molar-refractivity contribution >= 4 is 5.91 Å². The molecule has 0 fully saturated rings. The Morgan fingerprint density at radius 2 is 2.56 bits per heavy atom. The molecule has 9 heavy (non-hydrogen) atoms. The van der Waals surface area contributed by atoms with E-state index in [1.165, 1.54) is 12.5 Å². The Morgan fingerprint density at radius 3 is 2.89 bits per heavy atom. The first-order valence-corrected chi connectivity index (χ1v) is 2.60. The molecule has 0 aliphatic carbocycles. The Labute approximate surface area is 52.8 Å². The van der Waals surface area contributed by atoms with Crippen molar-refractivity contribution in [3.05, 3.63) is 24.2 Å². The first kappa shape index (κ1) is 5.88. The molecule has 1 rings (SSSR count). The minimum Gasteiger partial charge on any atom is -0.472 e. The van der Waals surface area contributed by atoms with Gasteiger partial charge in [-0.05, 0) is 6.08 Å². The molecule has 1 heterocycles. The quantitative estimate of drug-likeness (QED) is 0.547.